The van der Waals surface area contributed by atoms with Gasteiger partial charge in [-0.2, -0.15) is 5.10 Å². The maximum absolute atomic E-state index is 12.3. The topological polar surface area (TPSA) is 99.3 Å². The average Bonchev–Trinajstić information content (AvgIpc) is 2.88. The summed E-state index contributed by atoms with van der Waals surface area (Å²) in [4.78, 5) is 22.8. The van der Waals surface area contributed by atoms with Crippen LogP contribution in [-0.4, -0.2) is 27.7 Å². The lowest BCUT2D eigenvalue weighted by atomic mass is 10.2. The van der Waals surface area contributed by atoms with Gasteiger partial charge in [0.15, 0.2) is 0 Å². The van der Waals surface area contributed by atoms with Gasteiger partial charge in [0.1, 0.15) is 17.1 Å². The number of ether oxygens (including phenoxy) is 1. The predicted molar refractivity (Wildman–Crippen MR) is 80.5 cm³/mol. The van der Waals surface area contributed by atoms with Gasteiger partial charge in [0.2, 0.25) is 0 Å². The van der Waals surface area contributed by atoms with Crippen LogP contribution in [0.15, 0.2) is 24.4 Å². The molecule has 0 unspecified atom stereocenters. The van der Waals surface area contributed by atoms with Gasteiger partial charge in [0.25, 0.3) is 11.6 Å². The highest BCUT2D eigenvalue weighted by Gasteiger charge is 2.21. The van der Waals surface area contributed by atoms with Gasteiger partial charge in [-0.25, -0.2) is 0 Å². The van der Waals surface area contributed by atoms with Gasteiger partial charge >= 0.3 is 0 Å². The number of nitro benzene ring substituents is 1. The molecule has 0 aliphatic rings. The van der Waals surface area contributed by atoms with Gasteiger partial charge in [0, 0.05) is 6.54 Å². The van der Waals surface area contributed by atoms with Gasteiger partial charge in [-0.1, -0.05) is 11.6 Å². The minimum Gasteiger partial charge on any atom is -0.496 e. The standard InChI is InChI=1S/C13H13ClN4O4/c1-3-17-12(9(14)7-15-17)13(19)16-10-5-4-8(22-2)6-11(10)18(20)21/h4-7H,3H2,1-2H3,(H,16,19). The van der Waals surface area contributed by atoms with E-state index in [1.54, 1.807) is 6.92 Å². The van der Waals surface area contributed by atoms with Crippen molar-refractivity contribution >= 4 is 28.9 Å². The van der Waals surface area contributed by atoms with Gasteiger partial charge < -0.3 is 10.1 Å². The molecule has 2 rings (SSSR count). The number of anilines is 1. The highest BCUT2D eigenvalue weighted by molar-refractivity contribution is 6.34. The normalized spacial score (nSPS) is 10.3. The number of benzene rings is 1. The zero-order valence-corrected chi connectivity index (χ0v) is 12.6. The highest BCUT2D eigenvalue weighted by Crippen LogP contribution is 2.29. The van der Waals surface area contributed by atoms with Crippen molar-refractivity contribution in [2.75, 3.05) is 12.4 Å². The number of hydrogen-bond donors (Lipinski definition) is 1. The Morgan fingerprint density at radius 2 is 2.27 bits per heavy atom. The number of aromatic nitrogens is 2. The largest absolute Gasteiger partial charge is 0.496 e. The maximum atomic E-state index is 12.3. The molecule has 1 heterocycles. The Hall–Kier alpha value is -2.61. The van der Waals surface area contributed by atoms with Gasteiger partial charge in [-0.05, 0) is 19.1 Å². The van der Waals surface area contributed by atoms with E-state index in [0.717, 1.165) is 0 Å². The second kappa shape index (κ2) is 6.44. The molecule has 0 saturated carbocycles. The number of amides is 1. The van der Waals surface area contributed by atoms with E-state index in [0.29, 0.717) is 12.3 Å². The molecular formula is C13H13ClN4O4. The third-order valence-electron chi connectivity index (χ3n) is 2.96. The summed E-state index contributed by atoms with van der Waals surface area (Å²) < 4.78 is 6.35. The van der Waals surface area contributed by atoms with E-state index in [9.17, 15) is 14.9 Å². The molecule has 9 heteroatoms. The fourth-order valence-electron chi connectivity index (χ4n) is 1.90. The fraction of sp³-hybridized carbons (Fsp3) is 0.231. The summed E-state index contributed by atoms with van der Waals surface area (Å²) >= 11 is 5.94. The van der Waals surface area contributed by atoms with Crippen molar-refractivity contribution in [2.24, 2.45) is 0 Å². The molecule has 1 aromatic heterocycles. The summed E-state index contributed by atoms with van der Waals surface area (Å²) in [6.07, 6.45) is 1.35. The number of methoxy groups -OCH3 is 1. The second-order valence-corrected chi connectivity index (χ2v) is 4.66. The van der Waals surface area contributed by atoms with Crippen LogP contribution in [-0.2, 0) is 6.54 Å². The molecule has 116 valence electrons. The molecule has 22 heavy (non-hydrogen) atoms. The molecule has 0 fully saturated rings. The van der Waals surface area contributed by atoms with E-state index in [-0.39, 0.29) is 22.1 Å². The van der Waals surface area contributed by atoms with Gasteiger partial charge in [-0.15, -0.1) is 0 Å². The number of carbonyl (C=O) groups excluding carboxylic acids is 1. The minimum absolute atomic E-state index is 0.0516. The summed E-state index contributed by atoms with van der Waals surface area (Å²) in [6.45, 7) is 2.25. The third kappa shape index (κ3) is 3.01. The van der Waals surface area contributed by atoms with Crippen LogP contribution in [0.1, 0.15) is 17.4 Å². The van der Waals surface area contributed by atoms with Crippen molar-refractivity contribution in [2.45, 2.75) is 13.5 Å². The molecule has 1 N–H and O–H groups in total. The van der Waals surface area contributed by atoms with Crippen molar-refractivity contribution in [3.63, 3.8) is 0 Å². The zero-order chi connectivity index (χ0) is 16.3. The number of nitrogens with zero attached hydrogens (tertiary/aromatic N) is 3. The molecule has 0 aliphatic heterocycles. The summed E-state index contributed by atoms with van der Waals surface area (Å²) in [5.41, 5.74) is -0.0728. The Labute approximate surface area is 130 Å². The van der Waals surface area contributed by atoms with Crippen LogP contribution < -0.4 is 10.1 Å². The molecule has 0 atom stereocenters. The Morgan fingerprint density at radius 1 is 1.55 bits per heavy atom. The fourth-order valence-corrected chi connectivity index (χ4v) is 2.13. The van der Waals surface area contributed by atoms with E-state index in [2.05, 4.69) is 10.4 Å². The first kappa shape index (κ1) is 15.8. The summed E-state index contributed by atoms with van der Waals surface area (Å²) in [5, 5.41) is 17.7. The number of rotatable bonds is 5. The number of hydrogen-bond acceptors (Lipinski definition) is 5. The Bertz CT molecular complexity index is 729. The maximum Gasteiger partial charge on any atom is 0.296 e. The van der Waals surface area contributed by atoms with Crippen LogP contribution in [0.3, 0.4) is 0 Å². The van der Waals surface area contributed by atoms with E-state index in [1.807, 2.05) is 0 Å². The molecule has 8 nitrogen and oxygen atoms in total. The molecule has 0 spiro atoms. The number of aryl methyl sites for hydroxylation is 1. The van der Waals surface area contributed by atoms with E-state index >= 15 is 0 Å². The summed E-state index contributed by atoms with van der Waals surface area (Å²) in [6, 6.07) is 4.14. The van der Waals surface area contributed by atoms with Crippen LogP contribution in [0.5, 0.6) is 5.75 Å². The number of nitrogens with one attached hydrogen (secondary N) is 1. The number of halogens is 1. The van der Waals surface area contributed by atoms with Crippen LogP contribution in [0.25, 0.3) is 0 Å². The van der Waals surface area contributed by atoms with Crippen molar-refractivity contribution in [1.29, 1.82) is 0 Å². The third-order valence-corrected chi connectivity index (χ3v) is 3.24. The number of carbonyl (C=O) groups is 1. The zero-order valence-electron chi connectivity index (χ0n) is 11.9. The van der Waals surface area contributed by atoms with Crippen molar-refractivity contribution in [3.05, 3.63) is 45.2 Å². The van der Waals surface area contributed by atoms with Gasteiger partial charge in [0.05, 0.1) is 29.3 Å². The first-order valence-corrected chi connectivity index (χ1v) is 6.70. The Morgan fingerprint density at radius 3 is 2.86 bits per heavy atom. The van der Waals surface area contributed by atoms with Gasteiger partial charge in [-0.3, -0.25) is 19.6 Å². The first-order chi connectivity index (χ1) is 10.5. The lowest BCUT2D eigenvalue weighted by molar-refractivity contribution is -0.384. The molecule has 2 aromatic rings. The lowest BCUT2D eigenvalue weighted by Crippen LogP contribution is -2.18. The highest BCUT2D eigenvalue weighted by atomic mass is 35.5. The van der Waals surface area contributed by atoms with E-state index in [4.69, 9.17) is 16.3 Å². The molecular weight excluding hydrogens is 312 g/mol. The average molecular weight is 325 g/mol. The Balaban J connectivity index is 2.36. The van der Waals surface area contributed by atoms with Crippen molar-refractivity contribution in [1.82, 2.24) is 9.78 Å². The predicted octanol–water partition coefficient (Wildman–Crippen LogP) is 2.73. The smallest absolute Gasteiger partial charge is 0.296 e. The summed E-state index contributed by atoms with van der Waals surface area (Å²) in [7, 11) is 1.40. The molecule has 0 aliphatic carbocycles. The summed E-state index contributed by atoms with van der Waals surface area (Å²) in [5.74, 6) is -0.251. The van der Waals surface area contributed by atoms with E-state index < -0.39 is 10.8 Å². The molecule has 0 bridgehead atoms. The van der Waals surface area contributed by atoms with Crippen LogP contribution >= 0.6 is 11.6 Å². The lowest BCUT2D eigenvalue weighted by Gasteiger charge is -2.09. The first-order valence-electron chi connectivity index (χ1n) is 6.33. The molecule has 1 aromatic carbocycles. The molecule has 1 amide bonds. The van der Waals surface area contributed by atoms with Crippen molar-refractivity contribution < 1.29 is 14.5 Å². The second-order valence-electron chi connectivity index (χ2n) is 4.25. The Kier molecular flexibility index (Phi) is 4.62. The van der Waals surface area contributed by atoms with E-state index in [1.165, 1.54) is 36.2 Å². The number of nitro groups is 1. The monoisotopic (exact) mass is 324 g/mol. The minimum atomic E-state index is -0.600. The van der Waals surface area contributed by atoms with Crippen LogP contribution in [0.4, 0.5) is 11.4 Å². The quantitative estimate of drug-likeness (QED) is 0.673. The van der Waals surface area contributed by atoms with Crippen molar-refractivity contribution in [3.8, 4) is 5.75 Å². The molecule has 0 radical (unpaired) electrons. The SMILES string of the molecule is CCn1ncc(Cl)c1C(=O)Nc1ccc(OC)cc1[N+](=O)[O-]. The van der Waals surface area contributed by atoms with Crippen LogP contribution in [0.2, 0.25) is 5.02 Å². The molecule has 0 saturated heterocycles. The van der Waals surface area contributed by atoms with Crippen LogP contribution in [0, 0.1) is 10.1 Å².